The topological polar surface area (TPSA) is 55.8 Å². The number of rotatable bonds is 4. The second-order valence-electron chi connectivity index (χ2n) is 2.10. The zero-order valence-corrected chi connectivity index (χ0v) is 6.66. The molecule has 0 bridgehead atoms. The molecule has 0 aliphatic rings. The number of aliphatic hydroxyl groups is 1. The molecule has 0 saturated heterocycles. The third-order valence-electron chi connectivity index (χ3n) is 0.901. The van der Waals surface area contributed by atoms with E-state index in [4.69, 9.17) is 5.11 Å². The fourth-order valence-corrected chi connectivity index (χ4v) is 0.401. The molecule has 4 nitrogen and oxygen atoms in total. The number of aliphatic hydroxyl groups excluding tert-OH is 1. The van der Waals surface area contributed by atoms with Gasteiger partial charge in [-0.25, -0.2) is 4.79 Å². The molecule has 0 aliphatic heterocycles. The van der Waals surface area contributed by atoms with Crippen LogP contribution in [0.5, 0.6) is 0 Å². The highest BCUT2D eigenvalue weighted by molar-refractivity contribution is 5.86. The van der Waals surface area contributed by atoms with Crippen molar-refractivity contribution in [3.63, 3.8) is 0 Å². The van der Waals surface area contributed by atoms with Crippen molar-refractivity contribution in [1.82, 2.24) is 0 Å². The van der Waals surface area contributed by atoms with E-state index >= 15 is 0 Å². The lowest BCUT2D eigenvalue weighted by atomic mass is 10.4. The smallest absolute Gasteiger partial charge is 0.335 e. The summed E-state index contributed by atoms with van der Waals surface area (Å²) in [5.74, 6) is -0.616. The average Bonchev–Trinajstić information content (AvgIpc) is 1.87. The third kappa shape index (κ3) is 4.52. The van der Waals surface area contributed by atoms with Gasteiger partial charge in [0.1, 0.15) is 6.61 Å². The van der Waals surface area contributed by atoms with Gasteiger partial charge in [0.2, 0.25) is 6.29 Å². The van der Waals surface area contributed by atoms with Crippen LogP contribution >= 0.6 is 0 Å². The molecular formula is C7H12O4. The summed E-state index contributed by atoms with van der Waals surface area (Å²) < 4.78 is 8.97. The fraction of sp³-hybridized carbons (Fsp3) is 0.571. The Morgan fingerprint density at radius 2 is 2.27 bits per heavy atom. The molecule has 4 heteroatoms. The fourth-order valence-electron chi connectivity index (χ4n) is 0.401. The van der Waals surface area contributed by atoms with Gasteiger partial charge in [-0.2, -0.15) is 0 Å². The van der Waals surface area contributed by atoms with Crippen molar-refractivity contribution in [3.05, 3.63) is 12.2 Å². The Hall–Kier alpha value is -0.870. The first-order valence-electron chi connectivity index (χ1n) is 3.11. The lowest BCUT2D eigenvalue weighted by Gasteiger charge is -2.09. The molecule has 0 spiro atoms. The average molecular weight is 160 g/mol. The van der Waals surface area contributed by atoms with Gasteiger partial charge in [-0.05, 0) is 6.92 Å². The van der Waals surface area contributed by atoms with Gasteiger partial charge in [0, 0.05) is 12.7 Å². The number of methoxy groups -OCH3 is 1. The van der Waals surface area contributed by atoms with Gasteiger partial charge in [0.25, 0.3) is 0 Å². The predicted octanol–water partition coefficient (Wildman–Crippen LogP) is 0.0705. The molecule has 1 unspecified atom stereocenters. The van der Waals surface area contributed by atoms with Crippen LogP contribution in [-0.2, 0) is 14.3 Å². The third-order valence-corrected chi connectivity index (χ3v) is 0.901. The summed E-state index contributed by atoms with van der Waals surface area (Å²) >= 11 is 0. The van der Waals surface area contributed by atoms with Crippen LogP contribution in [0.3, 0.4) is 0 Å². The van der Waals surface area contributed by atoms with Crippen LogP contribution < -0.4 is 0 Å². The van der Waals surface area contributed by atoms with Crippen molar-refractivity contribution in [2.75, 3.05) is 13.7 Å². The molecule has 1 atom stereocenters. The highest BCUT2D eigenvalue weighted by Crippen LogP contribution is 1.95. The summed E-state index contributed by atoms with van der Waals surface area (Å²) in [5, 5.41) is 8.86. The summed E-state index contributed by atoms with van der Waals surface area (Å²) in [4.78, 5) is 10.7. The molecule has 0 rings (SSSR count). The first kappa shape index (κ1) is 10.1. The molecule has 64 valence electrons. The van der Waals surface area contributed by atoms with Crippen molar-refractivity contribution in [2.45, 2.75) is 13.2 Å². The van der Waals surface area contributed by atoms with E-state index in [0.29, 0.717) is 0 Å². The van der Waals surface area contributed by atoms with Gasteiger partial charge in [-0.1, -0.05) is 6.58 Å². The van der Waals surface area contributed by atoms with E-state index < -0.39 is 12.3 Å². The van der Waals surface area contributed by atoms with Gasteiger partial charge >= 0.3 is 5.97 Å². The Bertz CT molecular complexity index is 153. The van der Waals surface area contributed by atoms with E-state index in [9.17, 15) is 4.79 Å². The van der Waals surface area contributed by atoms with E-state index in [1.54, 1.807) is 0 Å². The lowest BCUT2D eigenvalue weighted by molar-refractivity contribution is -0.170. The standard InChI is InChI=1S/C7H12O4/c1-5(2)7(9)11-6(8)4-10-3/h6,8H,1,4H2,2-3H3. The van der Waals surface area contributed by atoms with Crippen LogP contribution in [0, 0.1) is 0 Å². The maximum atomic E-state index is 10.7. The highest BCUT2D eigenvalue weighted by atomic mass is 16.7. The molecule has 0 heterocycles. The van der Waals surface area contributed by atoms with E-state index in [1.165, 1.54) is 14.0 Å². The SMILES string of the molecule is C=C(C)C(=O)OC(O)COC. The normalized spacial score (nSPS) is 12.3. The molecule has 0 fully saturated rings. The number of hydrogen-bond donors (Lipinski definition) is 1. The number of esters is 1. The van der Waals surface area contributed by atoms with Crippen LogP contribution in [0.2, 0.25) is 0 Å². The maximum absolute atomic E-state index is 10.7. The Labute approximate surface area is 65.4 Å². The number of ether oxygens (including phenoxy) is 2. The summed E-state index contributed by atoms with van der Waals surface area (Å²) in [6.07, 6.45) is -1.20. The Morgan fingerprint density at radius 1 is 1.73 bits per heavy atom. The second kappa shape index (κ2) is 4.87. The van der Waals surface area contributed by atoms with Crippen LogP contribution in [0.4, 0.5) is 0 Å². The van der Waals surface area contributed by atoms with Crippen LogP contribution in [0.15, 0.2) is 12.2 Å². The zero-order valence-electron chi connectivity index (χ0n) is 6.66. The Morgan fingerprint density at radius 3 is 2.64 bits per heavy atom. The van der Waals surface area contributed by atoms with E-state index in [2.05, 4.69) is 16.1 Å². The van der Waals surface area contributed by atoms with Gasteiger partial charge in [0.05, 0.1) is 0 Å². The van der Waals surface area contributed by atoms with Crippen molar-refractivity contribution < 1.29 is 19.4 Å². The molecule has 11 heavy (non-hydrogen) atoms. The first-order chi connectivity index (χ1) is 5.07. The maximum Gasteiger partial charge on any atom is 0.335 e. The predicted molar refractivity (Wildman–Crippen MR) is 38.8 cm³/mol. The molecule has 1 N–H and O–H groups in total. The first-order valence-corrected chi connectivity index (χ1v) is 3.11. The molecular weight excluding hydrogens is 148 g/mol. The number of carbonyl (C=O) groups excluding carboxylic acids is 1. The molecule has 0 saturated carbocycles. The number of carbonyl (C=O) groups is 1. The van der Waals surface area contributed by atoms with Crippen molar-refractivity contribution in [1.29, 1.82) is 0 Å². The van der Waals surface area contributed by atoms with Crippen molar-refractivity contribution >= 4 is 5.97 Å². The minimum absolute atomic E-state index is 0.0288. The summed E-state index contributed by atoms with van der Waals surface area (Å²) in [6.45, 7) is 4.81. The largest absolute Gasteiger partial charge is 0.430 e. The van der Waals surface area contributed by atoms with Gasteiger partial charge in [0.15, 0.2) is 0 Å². The van der Waals surface area contributed by atoms with Gasteiger partial charge in [-0.3, -0.25) is 0 Å². The van der Waals surface area contributed by atoms with Crippen LogP contribution in [0.1, 0.15) is 6.92 Å². The van der Waals surface area contributed by atoms with Gasteiger partial charge in [-0.15, -0.1) is 0 Å². The molecule has 0 aromatic carbocycles. The second-order valence-corrected chi connectivity index (χ2v) is 2.10. The molecule has 0 aliphatic carbocycles. The summed E-state index contributed by atoms with van der Waals surface area (Å²) in [7, 11) is 1.40. The Kier molecular flexibility index (Phi) is 4.49. The minimum Gasteiger partial charge on any atom is -0.430 e. The minimum atomic E-state index is -1.20. The monoisotopic (exact) mass is 160 g/mol. The summed E-state index contributed by atoms with van der Waals surface area (Å²) in [5.41, 5.74) is 0.250. The van der Waals surface area contributed by atoms with E-state index in [-0.39, 0.29) is 12.2 Å². The van der Waals surface area contributed by atoms with Crippen molar-refractivity contribution in [3.8, 4) is 0 Å². The zero-order chi connectivity index (χ0) is 8.85. The van der Waals surface area contributed by atoms with E-state index in [0.717, 1.165) is 0 Å². The highest BCUT2D eigenvalue weighted by Gasteiger charge is 2.10. The lowest BCUT2D eigenvalue weighted by Crippen LogP contribution is -2.22. The van der Waals surface area contributed by atoms with Gasteiger partial charge < -0.3 is 14.6 Å². The Balaban J connectivity index is 3.66. The van der Waals surface area contributed by atoms with Crippen LogP contribution in [0.25, 0.3) is 0 Å². The summed E-state index contributed by atoms with van der Waals surface area (Å²) in [6, 6.07) is 0. The van der Waals surface area contributed by atoms with Crippen molar-refractivity contribution in [2.24, 2.45) is 0 Å². The molecule has 0 amide bonds. The van der Waals surface area contributed by atoms with Crippen LogP contribution in [-0.4, -0.2) is 31.1 Å². The quantitative estimate of drug-likeness (QED) is 0.359. The van der Waals surface area contributed by atoms with E-state index in [1.807, 2.05) is 0 Å². The number of hydrogen-bond acceptors (Lipinski definition) is 4. The molecule has 0 aromatic rings. The molecule has 0 radical (unpaired) electrons. The molecule has 0 aromatic heterocycles.